The summed E-state index contributed by atoms with van der Waals surface area (Å²) in [5.41, 5.74) is 0.178. The fraction of sp³-hybridized carbons (Fsp3) is 0.455. The lowest BCUT2D eigenvalue weighted by Crippen LogP contribution is -2.32. The molecular weight excluding hydrogens is 212 g/mol. The van der Waals surface area contributed by atoms with Crippen molar-refractivity contribution in [3.63, 3.8) is 0 Å². The van der Waals surface area contributed by atoms with Crippen LogP contribution in [0.4, 0.5) is 14.6 Å². The summed E-state index contributed by atoms with van der Waals surface area (Å²) in [6.45, 7) is 0.117. The Bertz CT molecular complexity index is 428. The quantitative estimate of drug-likeness (QED) is 0.770. The Hall–Kier alpha value is -1.70. The third-order valence-electron chi connectivity index (χ3n) is 2.78. The van der Waals surface area contributed by atoms with Crippen molar-refractivity contribution in [1.29, 1.82) is 5.26 Å². The molecule has 0 aromatic carbocycles. The van der Waals surface area contributed by atoms with E-state index in [1.807, 2.05) is 6.07 Å². The summed E-state index contributed by atoms with van der Waals surface area (Å²) in [7, 11) is 0. The standard InChI is InChI=1S/C11H11F2N3/c12-5-9-2-1-3-16(9)11-10(13)4-8(6-14)7-15-11/h4,7,9H,1-3,5H2/t9-/m1/s1. The van der Waals surface area contributed by atoms with Crippen LogP contribution in [0.1, 0.15) is 18.4 Å². The monoisotopic (exact) mass is 223 g/mol. The molecule has 16 heavy (non-hydrogen) atoms. The number of pyridine rings is 1. The maximum absolute atomic E-state index is 13.6. The molecule has 1 aromatic heterocycles. The fourth-order valence-corrected chi connectivity index (χ4v) is 1.98. The van der Waals surface area contributed by atoms with Crippen molar-refractivity contribution < 1.29 is 8.78 Å². The van der Waals surface area contributed by atoms with Crippen LogP contribution in [-0.2, 0) is 0 Å². The Labute approximate surface area is 92.3 Å². The van der Waals surface area contributed by atoms with Crippen molar-refractivity contribution in [2.75, 3.05) is 18.1 Å². The Morgan fingerprint density at radius 1 is 1.62 bits per heavy atom. The maximum atomic E-state index is 13.6. The minimum absolute atomic E-state index is 0.152. The van der Waals surface area contributed by atoms with Crippen LogP contribution < -0.4 is 4.90 Å². The second-order valence-corrected chi connectivity index (χ2v) is 3.78. The summed E-state index contributed by atoms with van der Waals surface area (Å²) < 4.78 is 26.3. The molecule has 1 fully saturated rings. The summed E-state index contributed by atoms with van der Waals surface area (Å²) >= 11 is 0. The minimum Gasteiger partial charge on any atom is -0.349 e. The molecule has 2 heterocycles. The highest BCUT2D eigenvalue weighted by Gasteiger charge is 2.27. The van der Waals surface area contributed by atoms with Crippen LogP contribution in [0.25, 0.3) is 0 Å². The van der Waals surface area contributed by atoms with E-state index in [1.54, 1.807) is 4.90 Å². The number of nitrogens with zero attached hydrogens (tertiary/aromatic N) is 3. The third-order valence-corrected chi connectivity index (χ3v) is 2.78. The van der Waals surface area contributed by atoms with Gasteiger partial charge < -0.3 is 4.90 Å². The van der Waals surface area contributed by atoms with Gasteiger partial charge in [0.05, 0.1) is 11.6 Å². The van der Waals surface area contributed by atoms with Crippen molar-refractivity contribution in [2.45, 2.75) is 18.9 Å². The maximum Gasteiger partial charge on any atom is 0.166 e. The van der Waals surface area contributed by atoms with Crippen LogP contribution in [0.3, 0.4) is 0 Å². The zero-order valence-electron chi connectivity index (χ0n) is 8.66. The first kappa shape index (κ1) is 10.8. The number of hydrogen-bond donors (Lipinski definition) is 0. The molecule has 0 saturated carbocycles. The molecule has 1 aromatic rings. The molecule has 0 amide bonds. The molecule has 2 rings (SSSR count). The molecule has 3 nitrogen and oxygen atoms in total. The van der Waals surface area contributed by atoms with Gasteiger partial charge in [-0.25, -0.2) is 13.8 Å². The van der Waals surface area contributed by atoms with Crippen LogP contribution in [0.5, 0.6) is 0 Å². The average molecular weight is 223 g/mol. The van der Waals surface area contributed by atoms with Gasteiger partial charge in [0.25, 0.3) is 0 Å². The van der Waals surface area contributed by atoms with Crippen LogP contribution in [0.15, 0.2) is 12.3 Å². The number of halogens is 2. The lowest BCUT2D eigenvalue weighted by molar-refractivity contribution is 0.424. The Balaban J connectivity index is 2.30. The Morgan fingerprint density at radius 2 is 2.44 bits per heavy atom. The molecule has 0 unspecified atom stereocenters. The average Bonchev–Trinajstić information content (AvgIpc) is 2.76. The summed E-state index contributed by atoms with van der Waals surface area (Å²) in [6.07, 6.45) is 2.87. The SMILES string of the molecule is N#Cc1cnc(N2CCC[C@@H]2CF)c(F)c1. The van der Waals surface area contributed by atoms with Crippen LogP contribution in [0, 0.1) is 17.1 Å². The van der Waals surface area contributed by atoms with E-state index >= 15 is 0 Å². The molecule has 1 aliphatic rings. The second-order valence-electron chi connectivity index (χ2n) is 3.78. The fourth-order valence-electron chi connectivity index (χ4n) is 1.98. The molecule has 1 saturated heterocycles. The van der Waals surface area contributed by atoms with Crippen molar-refractivity contribution in [1.82, 2.24) is 4.98 Å². The number of hydrogen-bond acceptors (Lipinski definition) is 3. The van der Waals surface area contributed by atoms with Gasteiger partial charge in [-0.3, -0.25) is 0 Å². The third kappa shape index (κ3) is 1.83. The second kappa shape index (κ2) is 4.44. The van der Waals surface area contributed by atoms with Gasteiger partial charge in [0.15, 0.2) is 11.6 Å². The molecule has 0 spiro atoms. The summed E-state index contributed by atoms with van der Waals surface area (Å²) in [4.78, 5) is 5.53. The van der Waals surface area contributed by atoms with Gasteiger partial charge in [0.1, 0.15) is 12.7 Å². The van der Waals surface area contributed by atoms with Crippen LogP contribution in [0.2, 0.25) is 0 Å². The largest absolute Gasteiger partial charge is 0.349 e. The van der Waals surface area contributed by atoms with Gasteiger partial charge in [-0.15, -0.1) is 0 Å². The first-order valence-electron chi connectivity index (χ1n) is 5.14. The van der Waals surface area contributed by atoms with Gasteiger partial charge in [-0.05, 0) is 18.9 Å². The molecule has 0 aliphatic carbocycles. The van der Waals surface area contributed by atoms with E-state index in [4.69, 9.17) is 5.26 Å². The molecule has 1 atom stereocenters. The van der Waals surface area contributed by atoms with Crippen molar-refractivity contribution in [2.24, 2.45) is 0 Å². The Kier molecular flexibility index (Phi) is 3.00. The van der Waals surface area contributed by atoms with Crippen LogP contribution in [-0.4, -0.2) is 24.2 Å². The number of nitriles is 1. The number of rotatable bonds is 2. The predicted octanol–water partition coefficient (Wildman–Crippen LogP) is 2.03. The molecule has 0 radical (unpaired) electrons. The summed E-state index contributed by atoms with van der Waals surface area (Å²) in [5.74, 6) is -0.404. The normalized spacial score (nSPS) is 19.8. The van der Waals surface area contributed by atoms with E-state index in [-0.39, 0.29) is 17.4 Å². The highest BCUT2D eigenvalue weighted by molar-refractivity contribution is 5.45. The van der Waals surface area contributed by atoms with Gasteiger partial charge in [0.2, 0.25) is 0 Å². The molecule has 0 bridgehead atoms. The van der Waals surface area contributed by atoms with Gasteiger partial charge in [-0.1, -0.05) is 0 Å². The first-order valence-corrected chi connectivity index (χ1v) is 5.14. The summed E-state index contributed by atoms with van der Waals surface area (Å²) in [6, 6.07) is 2.67. The summed E-state index contributed by atoms with van der Waals surface area (Å²) in [5, 5.41) is 8.59. The lowest BCUT2D eigenvalue weighted by Gasteiger charge is -2.23. The van der Waals surface area contributed by atoms with E-state index in [2.05, 4.69) is 4.98 Å². The molecular formula is C11H11F2N3. The minimum atomic E-state index is -0.556. The topological polar surface area (TPSA) is 39.9 Å². The first-order chi connectivity index (χ1) is 7.76. The molecule has 5 heteroatoms. The molecule has 1 aliphatic heterocycles. The number of alkyl halides is 1. The van der Waals surface area contributed by atoms with E-state index in [0.717, 1.165) is 18.9 Å². The van der Waals surface area contributed by atoms with Gasteiger partial charge in [0, 0.05) is 12.7 Å². The predicted molar refractivity (Wildman–Crippen MR) is 55.3 cm³/mol. The van der Waals surface area contributed by atoms with E-state index < -0.39 is 12.5 Å². The van der Waals surface area contributed by atoms with Crippen LogP contribution >= 0.6 is 0 Å². The molecule has 0 N–H and O–H groups in total. The highest BCUT2D eigenvalue weighted by atomic mass is 19.1. The Morgan fingerprint density at radius 3 is 3.06 bits per heavy atom. The van der Waals surface area contributed by atoms with Crippen molar-refractivity contribution >= 4 is 5.82 Å². The number of aromatic nitrogens is 1. The van der Waals surface area contributed by atoms with Gasteiger partial charge in [-0.2, -0.15) is 5.26 Å². The van der Waals surface area contributed by atoms with E-state index in [1.165, 1.54) is 6.20 Å². The smallest absolute Gasteiger partial charge is 0.166 e. The highest BCUT2D eigenvalue weighted by Crippen LogP contribution is 2.26. The van der Waals surface area contributed by atoms with E-state index in [0.29, 0.717) is 6.54 Å². The van der Waals surface area contributed by atoms with E-state index in [9.17, 15) is 8.78 Å². The molecule has 84 valence electrons. The lowest BCUT2D eigenvalue weighted by atomic mass is 10.2. The van der Waals surface area contributed by atoms with Crippen molar-refractivity contribution in [3.8, 4) is 6.07 Å². The number of anilines is 1. The van der Waals surface area contributed by atoms with Gasteiger partial charge >= 0.3 is 0 Å². The van der Waals surface area contributed by atoms with Crippen molar-refractivity contribution in [3.05, 3.63) is 23.6 Å². The zero-order valence-corrected chi connectivity index (χ0v) is 8.66. The zero-order chi connectivity index (χ0) is 11.5.